The third kappa shape index (κ3) is 3.34. The van der Waals surface area contributed by atoms with Crippen LogP contribution in [-0.2, 0) is 16.1 Å². The van der Waals surface area contributed by atoms with Gasteiger partial charge in [0, 0.05) is 36.3 Å². The van der Waals surface area contributed by atoms with Gasteiger partial charge in [-0.3, -0.25) is 9.36 Å². The van der Waals surface area contributed by atoms with Gasteiger partial charge in [-0.2, -0.15) is 0 Å². The van der Waals surface area contributed by atoms with E-state index < -0.39 is 0 Å². The maximum absolute atomic E-state index is 11.6. The number of aromatic amines is 1. The number of carbonyl (C=O) groups is 1. The molecule has 0 bridgehead atoms. The Morgan fingerprint density at radius 2 is 2.31 bits per heavy atom. The average molecular weight is 371 g/mol. The highest BCUT2D eigenvalue weighted by Crippen LogP contribution is 2.31. The summed E-state index contributed by atoms with van der Waals surface area (Å²) in [6, 6.07) is 8.14. The molecule has 0 radical (unpaired) electrons. The third-order valence-electron chi connectivity index (χ3n) is 4.57. The lowest BCUT2D eigenvalue weighted by Gasteiger charge is -2.14. The molecule has 1 saturated heterocycles. The Labute approximate surface area is 155 Å². The molecule has 1 aliphatic rings. The van der Waals surface area contributed by atoms with Gasteiger partial charge in [0.25, 0.3) is 0 Å². The van der Waals surface area contributed by atoms with Crippen molar-refractivity contribution in [2.24, 2.45) is 0 Å². The molecule has 0 spiro atoms. The van der Waals surface area contributed by atoms with Gasteiger partial charge in [-0.05, 0) is 18.9 Å². The SMILES string of the molecule is CNC(=O)CSc1nnc(-c2c[nH]c3ccccc23)n1C[C@@H]1CCCO1. The number of para-hydroxylation sites is 1. The van der Waals surface area contributed by atoms with Crippen LogP contribution < -0.4 is 5.32 Å². The van der Waals surface area contributed by atoms with Gasteiger partial charge in [0.2, 0.25) is 5.91 Å². The first-order valence-electron chi connectivity index (χ1n) is 8.71. The Hall–Kier alpha value is -2.32. The fraction of sp³-hybridized carbons (Fsp3) is 0.389. The molecule has 1 amide bonds. The number of hydrogen-bond acceptors (Lipinski definition) is 5. The van der Waals surface area contributed by atoms with Crippen molar-refractivity contribution < 1.29 is 9.53 Å². The second-order valence-electron chi connectivity index (χ2n) is 6.26. The standard InChI is InChI=1S/C18H21N5O2S/c1-19-16(24)11-26-18-22-21-17(23(18)10-12-5-4-8-25-12)14-9-20-15-7-3-2-6-13(14)15/h2-3,6-7,9,12,20H,4-5,8,10-11H2,1H3,(H,19,24)/t12-/m0/s1. The number of amides is 1. The van der Waals surface area contributed by atoms with Crippen molar-refractivity contribution in [3.63, 3.8) is 0 Å². The van der Waals surface area contributed by atoms with Crippen molar-refractivity contribution >= 4 is 28.6 Å². The van der Waals surface area contributed by atoms with Crippen LogP contribution in [0.3, 0.4) is 0 Å². The van der Waals surface area contributed by atoms with E-state index >= 15 is 0 Å². The zero-order chi connectivity index (χ0) is 17.9. The number of ether oxygens (including phenoxy) is 1. The first kappa shape index (κ1) is 17.1. The maximum atomic E-state index is 11.6. The quantitative estimate of drug-likeness (QED) is 0.650. The molecule has 7 nitrogen and oxygen atoms in total. The number of fused-ring (bicyclic) bond motifs is 1. The molecular weight excluding hydrogens is 350 g/mol. The molecule has 3 aromatic rings. The molecule has 0 unspecified atom stereocenters. The summed E-state index contributed by atoms with van der Waals surface area (Å²) in [5, 5.41) is 13.3. The van der Waals surface area contributed by atoms with E-state index in [1.54, 1.807) is 7.05 Å². The number of thioether (sulfide) groups is 1. The molecule has 8 heteroatoms. The Balaban J connectivity index is 1.70. The number of H-pyrrole nitrogens is 1. The van der Waals surface area contributed by atoms with Crippen molar-refractivity contribution in [3.05, 3.63) is 30.5 Å². The van der Waals surface area contributed by atoms with E-state index in [0.29, 0.717) is 12.3 Å². The van der Waals surface area contributed by atoms with E-state index in [0.717, 1.165) is 46.9 Å². The molecular formula is C18H21N5O2S. The molecule has 1 fully saturated rings. The Morgan fingerprint density at radius 3 is 3.12 bits per heavy atom. The minimum Gasteiger partial charge on any atom is -0.376 e. The Morgan fingerprint density at radius 1 is 1.42 bits per heavy atom. The van der Waals surface area contributed by atoms with E-state index in [9.17, 15) is 4.79 Å². The van der Waals surface area contributed by atoms with Crippen LogP contribution in [0.4, 0.5) is 0 Å². The summed E-state index contributed by atoms with van der Waals surface area (Å²) in [5.74, 6) is 1.08. The molecule has 0 saturated carbocycles. The van der Waals surface area contributed by atoms with Gasteiger partial charge in [-0.1, -0.05) is 30.0 Å². The highest BCUT2D eigenvalue weighted by molar-refractivity contribution is 7.99. The molecule has 4 rings (SSSR count). The first-order chi connectivity index (χ1) is 12.8. The Bertz CT molecular complexity index is 913. The van der Waals surface area contributed by atoms with E-state index in [-0.39, 0.29) is 12.0 Å². The molecule has 1 aromatic carbocycles. The normalized spacial score (nSPS) is 17.0. The van der Waals surface area contributed by atoms with Crippen LogP contribution in [0.25, 0.3) is 22.3 Å². The second kappa shape index (κ2) is 7.51. The summed E-state index contributed by atoms with van der Waals surface area (Å²) in [5.41, 5.74) is 2.08. The van der Waals surface area contributed by atoms with Crippen LogP contribution in [0, 0.1) is 0 Å². The molecule has 1 atom stereocenters. The highest BCUT2D eigenvalue weighted by atomic mass is 32.2. The van der Waals surface area contributed by atoms with Gasteiger partial charge in [-0.25, -0.2) is 0 Å². The fourth-order valence-corrected chi connectivity index (χ4v) is 4.03. The summed E-state index contributed by atoms with van der Waals surface area (Å²) in [6.07, 6.45) is 4.24. The summed E-state index contributed by atoms with van der Waals surface area (Å²) < 4.78 is 7.90. The van der Waals surface area contributed by atoms with Crippen molar-refractivity contribution in [1.82, 2.24) is 25.1 Å². The van der Waals surface area contributed by atoms with Gasteiger partial charge in [-0.15, -0.1) is 10.2 Å². The van der Waals surface area contributed by atoms with Crippen molar-refractivity contribution in [2.45, 2.75) is 30.6 Å². The number of nitrogens with one attached hydrogen (secondary N) is 2. The number of hydrogen-bond donors (Lipinski definition) is 2. The maximum Gasteiger partial charge on any atom is 0.230 e. The van der Waals surface area contributed by atoms with Crippen LogP contribution in [0.1, 0.15) is 12.8 Å². The van der Waals surface area contributed by atoms with E-state index in [4.69, 9.17) is 4.74 Å². The number of carbonyl (C=O) groups excluding carboxylic acids is 1. The Kier molecular flexibility index (Phi) is 4.94. The van der Waals surface area contributed by atoms with Crippen molar-refractivity contribution in [1.29, 1.82) is 0 Å². The number of rotatable bonds is 6. The molecule has 26 heavy (non-hydrogen) atoms. The number of benzene rings is 1. The number of aromatic nitrogens is 4. The van der Waals surface area contributed by atoms with Crippen molar-refractivity contribution in [3.8, 4) is 11.4 Å². The van der Waals surface area contributed by atoms with Gasteiger partial charge in [0.1, 0.15) is 0 Å². The van der Waals surface area contributed by atoms with Crippen molar-refractivity contribution in [2.75, 3.05) is 19.4 Å². The topological polar surface area (TPSA) is 84.8 Å². The monoisotopic (exact) mass is 371 g/mol. The largest absolute Gasteiger partial charge is 0.376 e. The van der Waals surface area contributed by atoms with E-state index in [1.807, 2.05) is 24.4 Å². The van der Waals surface area contributed by atoms with Gasteiger partial charge < -0.3 is 15.0 Å². The first-order valence-corrected chi connectivity index (χ1v) is 9.69. The lowest BCUT2D eigenvalue weighted by atomic mass is 10.1. The predicted octanol–water partition coefficient (Wildman–Crippen LogP) is 2.44. The lowest BCUT2D eigenvalue weighted by Crippen LogP contribution is -2.21. The summed E-state index contributed by atoms with van der Waals surface area (Å²) in [4.78, 5) is 14.9. The smallest absolute Gasteiger partial charge is 0.230 e. The zero-order valence-electron chi connectivity index (χ0n) is 14.6. The highest BCUT2D eigenvalue weighted by Gasteiger charge is 2.23. The molecule has 1 aliphatic heterocycles. The van der Waals surface area contributed by atoms with Crippen LogP contribution in [-0.4, -0.2) is 51.2 Å². The minimum absolute atomic E-state index is 0.0321. The third-order valence-corrected chi connectivity index (χ3v) is 5.54. The zero-order valence-corrected chi connectivity index (χ0v) is 15.4. The van der Waals surface area contributed by atoms with Crippen LogP contribution in [0.2, 0.25) is 0 Å². The molecule has 2 aromatic heterocycles. The number of nitrogens with zero attached hydrogens (tertiary/aromatic N) is 3. The average Bonchev–Trinajstić information content (AvgIpc) is 3.40. The molecule has 0 aliphatic carbocycles. The van der Waals surface area contributed by atoms with Crippen LogP contribution in [0.15, 0.2) is 35.6 Å². The summed E-state index contributed by atoms with van der Waals surface area (Å²) in [6.45, 7) is 1.49. The van der Waals surface area contributed by atoms with E-state index in [1.165, 1.54) is 11.8 Å². The van der Waals surface area contributed by atoms with Gasteiger partial charge in [0.05, 0.1) is 18.4 Å². The van der Waals surface area contributed by atoms with Crippen LogP contribution in [0.5, 0.6) is 0 Å². The predicted molar refractivity (Wildman–Crippen MR) is 101 cm³/mol. The second-order valence-corrected chi connectivity index (χ2v) is 7.20. The molecule has 3 heterocycles. The fourth-order valence-electron chi connectivity index (χ4n) is 3.21. The van der Waals surface area contributed by atoms with Gasteiger partial charge in [0.15, 0.2) is 11.0 Å². The summed E-state index contributed by atoms with van der Waals surface area (Å²) in [7, 11) is 1.64. The van der Waals surface area contributed by atoms with E-state index in [2.05, 4.69) is 31.1 Å². The lowest BCUT2D eigenvalue weighted by molar-refractivity contribution is -0.118. The summed E-state index contributed by atoms with van der Waals surface area (Å²) >= 11 is 1.40. The molecule has 136 valence electrons. The molecule has 2 N–H and O–H groups in total. The van der Waals surface area contributed by atoms with Crippen LogP contribution >= 0.6 is 11.8 Å². The van der Waals surface area contributed by atoms with Gasteiger partial charge >= 0.3 is 0 Å². The minimum atomic E-state index is -0.0321.